The van der Waals surface area contributed by atoms with Gasteiger partial charge in [-0.15, -0.1) is 5.10 Å². The zero-order chi connectivity index (χ0) is 44.6. The van der Waals surface area contributed by atoms with Crippen molar-refractivity contribution in [2.75, 3.05) is 57.3 Å². The summed E-state index contributed by atoms with van der Waals surface area (Å²) in [6.07, 6.45) is 4.94. The Hall–Kier alpha value is -6.19. The number of aromatic nitrogens is 5. The molecular weight excluding hydrogens is 830 g/mol. The van der Waals surface area contributed by atoms with Gasteiger partial charge in [0, 0.05) is 87.6 Å². The zero-order valence-corrected chi connectivity index (χ0v) is 36.4. The van der Waals surface area contributed by atoms with Gasteiger partial charge in [-0.05, 0) is 55.5 Å². The van der Waals surface area contributed by atoms with Gasteiger partial charge < -0.3 is 24.6 Å². The van der Waals surface area contributed by atoms with Gasteiger partial charge in [0.05, 0.1) is 21.5 Å². The number of carbonyl (C=O) groups excluding carboxylic acids is 4. The summed E-state index contributed by atoms with van der Waals surface area (Å²) in [6, 6.07) is 10.7. The first kappa shape index (κ1) is 43.5. The van der Waals surface area contributed by atoms with Crippen LogP contribution in [0.1, 0.15) is 75.3 Å². The van der Waals surface area contributed by atoms with Gasteiger partial charge in [-0.1, -0.05) is 44.5 Å². The van der Waals surface area contributed by atoms with E-state index in [4.69, 9.17) is 21.1 Å². The summed E-state index contributed by atoms with van der Waals surface area (Å²) >= 11 is 6.24. The molecule has 1 saturated carbocycles. The highest BCUT2D eigenvalue weighted by atomic mass is 35.5. The van der Waals surface area contributed by atoms with E-state index in [-0.39, 0.29) is 48.8 Å². The number of fused-ring (bicyclic) bond motifs is 1. The molecule has 0 bridgehead atoms. The molecule has 5 heterocycles. The molecule has 4 amide bonds. The number of nitrogens with zero attached hydrogens (tertiary/aromatic N) is 9. The van der Waals surface area contributed by atoms with Crippen molar-refractivity contribution >= 4 is 52.1 Å². The zero-order valence-electron chi connectivity index (χ0n) is 35.7. The molecule has 19 heteroatoms. The van der Waals surface area contributed by atoms with Crippen LogP contribution in [0.25, 0.3) is 10.9 Å². The summed E-state index contributed by atoms with van der Waals surface area (Å²) in [6.45, 7) is 13.4. The highest BCUT2D eigenvalue weighted by Crippen LogP contribution is 2.55. The van der Waals surface area contributed by atoms with E-state index in [0.29, 0.717) is 58.1 Å². The number of halogens is 1. The van der Waals surface area contributed by atoms with Crippen LogP contribution in [-0.4, -0.2) is 123 Å². The first-order chi connectivity index (χ1) is 30.1. The van der Waals surface area contributed by atoms with Gasteiger partial charge in [0.15, 0.2) is 6.61 Å². The molecule has 0 radical (unpaired) electrons. The third-order valence-electron chi connectivity index (χ3n) is 13.0. The molecule has 3 aliphatic heterocycles. The van der Waals surface area contributed by atoms with E-state index in [1.54, 1.807) is 42.7 Å². The van der Waals surface area contributed by atoms with E-state index >= 15 is 0 Å². The lowest BCUT2D eigenvalue weighted by molar-refractivity contribution is -0.164. The normalized spacial score (nSPS) is 22.4. The van der Waals surface area contributed by atoms with Crippen LogP contribution in [0, 0.1) is 28.1 Å². The maximum atomic E-state index is 13.4. The number of ether oxygens (including phenoxy) is 2. The Bertz CT molecular complexity index is 2510. The predicted octanol–water partition coefficient (Wildman–Crippen LogP) is 3.14. The summed E-state index contributed by atoms with van der Waals surface area (Å²) in [5.41, 5.74) is -0.250. The van der Waals surface area contributed by atoms with E-state index in [9.17, 15) is 29.2 Å². The Balaban J connectivity index is 0.761. The van der Waals surface area contributed by atoms with Gasteiger partial charge in [0.2, 0.25) is 11.9 Å². The summed E-state index contributed by atoms with van der Waals surface area (Å²) in [5, 5.41) is 23.2. The van der Waals surface area contributed by atoms with Crippen LogP contribution in [0.15, 0.2) is 53.6 Å². The number of nitriles is 1. The molecule has 3 saturated heterocycles. The van der Waals surface area contributed by atoms with Crippen LogP contribution in [-0.2, 0) is 14.4 Å². The Kier molecular flexibility index (Phi) is 12.1. The highest BCUT2D eigenvalue weighted by molar-refractivity contribution is 6.31. The molecule has 2 aromatic carbocycles. The van der Waals surface area contributed by atoms with Crippen molar-refractivity contribution in [1.82, 2.24) is 45.4 Å². The largest absolute Gasteiger partial charge is 0.489 e. The first-order valence-corrected chi connectivity index (χ1v) is 21.6. The smallest absolute Gasteiger partial charge is 0.278 e. The maximum Gasteiger partial charge on any atom is 0.278 e. The van der Waals surface area contributed by atoms with Gasteiger partial charge >= 0.3 is 0 Å². The van der Waals surface area contributed by atoms with Gasteiger partial charge in [0.25, 0.3) is 23.3 Å². The maximum absolute atomic E-state index is 13.4. The third kappa shape index (κ3) is 8.89. The second-order valence-corrected chi connectivity index (χ2v) is 18.4. The molecule has 18 nitrogen and oxygen atoms in total. The molecule has 8 rings (SSSR count). The number of nitrogens with one attached hydrogen (secondary N) is 2. The van der Waals surface area contributed by atoms with Gasteiger partial charge in [-0.3, -0.25) is 34.2 Å². The fourth-order valence-corrected chi connectivity index (χ4v) is 9.96. The summed E-state index contributed by atoms with van der Waals surface area (Å²) < 4.78 is 13.2. The Morgan fingerprint density at radius 2 is 1.63 bits per heavy atom. The molecule has 4 aliphatic rings. The van der Waals surface area contributed by atoms with Crippen LogP contribution in [0.5, 0.6) is 11.5 Å². The van der Waals surface area contributed by atoms with Crippen molar-refractivity contribution < 1.29 is 28.7 Å². The van der Waals surface area contributed by atoms with Crippen LogP contribution >= 0.6 is 11.6 Å². The fourth-order valence-electron chi connectivity index (χ4n) is 9.75. The summed E-state index contributed by atoms with van der Waals surface area (Å²) in [5.74, 6) is 0.547. The lowest BCUT2D eigenvalue weighted by Crippen LogP contribution is -2.74. The van der Waals surface area contributed by atoms with E-state index in [2.05, 4.69) is 74.5 Å². The van der Waals surface area contributed by atoms with Crippen molar-refractivity contribution in [3.8, 4) is 17.6 Å². The number of piperazine rings is 1. The molecule has 1 unspecified atom stereocenters. The molecular formula is C44H50ClN11O7. The highest BCUT2D eigenvalue weighted by Gasteiger charge is 2.64. The summed E-state index contributed by atoms with van der Waals surface area (Å²) in [7, 11) is 0. The number of piperidine rings is 2. The Labute approximate surface area is 368 Å². The SMILES string of the molecule is CC1(C)[C@H](NC(=O)c2cnc(N3CCN(CC4CCN(C(=O)COc5ccc6nnn(C7CCC(=O)NC7=O)c(=O)c6c5)CC4)CC3)nc2)C(C)(C)[C@H]1Oc1ccc(C#N)c(Cl)c1. The fraction of sp³-hybridized carbons (Fsp3) is 0.500. The topological polar surface area (TPSA) is 218 Å². The minimum atomic E-state index is -0.937. The lowest BCUT2D eigenvalue weighted by atomic mass is 9.49. The standard InChI is InChI=1S/C44H50ClN11O7/c1-43(2)40(44(3,4)41(43)63-30-6-5-27(21-46)32(45)20-30)50-37(59)28-22-47-42(48-23-28)55-17-15-53(16-18-55)24-26-11-13-54(14-12-26)36(58)25-62-29-7-8-33-31(19-29)39(61)56(52-51-33)34-9-10-35(57)49-38(34)60/h5-8,19-20,22-23,26,34,40-41H,9-18,24-25H2,1-4H3,(H,50,59)(H,49,57,60)/t34?,40-,41-. The van der Waals surface area contributed by atoms with Crippen molar-refractivity contribution in [3.63, 3.8) is 0 Å². The molecule has 1 aliphatic carbocycles. The third-order valence-corrected chi connectivity index (χ3v) is 13.3. The molecule has 0 spiro atoms. The molecule has 2 aromatic heterocycles. The molecule has 330 valence electrons. The van der Waals surface area contributed by atoms with Crippen molar-refractivity contribution in [1.29, 1.82) is 5.26 Å². The number of rotatable bonds is 11. The van der Waals surface area contributed by atoms with Crippen LogP contribution < -0.4 is 30.6 Å². The van der Waals surface area contributed by atoms with E-state index in [1.807, 2.05) is 4.90 Å². The first-order valence-electron chi connectivity index (χ1n) is 21.2. The van der Waals surface area contributed by atoms with Crippen LogP contribution in [0.2, 0.25) is 5.02 Å². The number of imide groups is 1. The van der Waals surface area contributed by atoms with E-state index in [0.717, 1.165) is 50.2 Å². The monoisotopic (exact) mass is 879 g/mol. The number of hydrogen-bond donors (Lipinski definition) is 2. The molecule has 4 fully saturated rings. The van der Waals surface area contributed by atoms with Gasteiger partial charge in [-0.25, -0.2) is 9.97 Å². The quantitative estimate of drug-likeness (QED) is 0.207. The van der Waals surface area contributed by atoms with E-state index in [1.165, 1.54) is 6.07 Å². The number of hydrogen-bond acceptors (Lipinski definition) is 14. The minimum absolute atomic E-state index is 0.0964. The van der Waals surface area contributed by atoms with E-state index < -0.39 is 34.2 Å². The minimum Gasteiger partial charge on any atom is -0.489 e. The van der Waals surface area contributed by atoms with Gasteiger partial charge in [0.1, 0.15) is 35.2 Å². The second-order valence-electron chi connectivity index (χ2n) is 18.0. The van der Waals surface area contributed by atoms with Crippen molar-refractivity contribution in [2.45, 2.75) is 71.6 Å². The number of benzene rings is 2. The lowest BCUT2D eigenvalue weighted by Gasteiger charge is -2.63. The summed E-state index contributed by atoms with van der Waals surface area (Å²) in [4.78, 5) is 79.2. The second kappa shape index (κ2) is 17.5. The van der Waals surface area contributed by atoms with Crippen LogP contribution in [0.3, 0.4) is 0 Å². The molecule has 63 heavy (non-hydrogen) atoms. The number of likely N-dealkylation sites (tertiary alicyclic amines) is 1. The average Bonchev–Trinajstić information content (AvgIpc) is 3.27. The number of amides is 4. The Morgan fingerprint density at radius 3 is 2.30 bits per heavy atom. The predicted molar refractivity (Wildman–Crippen MR) is 230 cm³/mol. The number of anilines is 1. The molecule has 4 aromatic rings. The molecule has 1 atom stereocenters. The molecule has 2 N–H and O–H groups in total. The van der Waals surface area contributed by atoms with Gasteiger partial charge in [-0.2, -0.15) is 9.94 Å². The average molecular weight is 880 g/mol. The number of carbonyl (C=O) groups is 4. The van der Waals surface area contributed by atoms with Crippen molar-refractivity contribution in [3.05, 3.63) is 75.3 Å². The Morgan fingerprint density at radius 1 is 0.937 bits per heavy atom. The van der Waals surface area contributed by atoms with Crippen LogP contribution in [0.4, 0.5) is 5.95 Å². The van der Waals surface area contributed by atoms with Crippen molar-refractivity contribution in [2.24, 2.45) is 16.7 Å².